The molecule has 2 N–H and O–H groups in total. The van der Waals surface area contributed by atoms with Crippen molar-refractivity contribution in [2.75, 3.05) is 5.75 Å². The van der Waals surface area contributed by atoms with E-state index in [4.69, 9.17) is 5.11 Å². The molecule has 0 unspecified atom stereocenters. The zero-order valence-electron chi connectivity index (χ0n) is 8.04. The largest absolute Gasteiger partial charge is 0.480 e. The maximum absolute atomic E-state index is 11.1. The van der Waals surface area contributed by atoms with Crippen LogP contribution < -0.4 is 4.72 Å². The van der Waals surface area contributed by atoms with Crippen LogP contribution in [0.3, 0.4) is 0 Å². The molecule has 0 radical (unpaired) electrons. The van der Waals surface area contributed by atoms with Crippen molar-refractivity contribution in [3.05, 3.63) is 18.0 Å². The molecule has 1 rings (SSSR count). The number of carboxylic acids is 1. The van der Waals surface area contributed by atoms with Crippen LogP contribution in [0.25, 0.3) is 0 Å². The third-order valence-corrected chi connectivity index (χ3v) is 2.78. The number of hydrogen-bond donors (Lipinski definition) is 2. The number of aromatic nitrogens is 2. The Kier molecular flexibility index (Phi) is 3.43. The summed E-state index contributed by atoms with van der Waals surface area (Å²) < 4.78 is 25.9. The van der Waals surface area contributed by atoms with Gasteiger partial charge in [-0.1, -0.05) is 0 Å². The van der Waals surface area contributed by atoms with Crippen LogP contribution in [0, 0.1) is 0 Å². The van der Waals surface area contributed by atoms with Crippen molar-refractivity contribution >= 4 is 16.0 Å². The first-order valence-electron chi connectivity index (χ1n) is 4.06. The molecule has 84 valence electrons. The van der Waals surface area contributed by atoms with Crippen LogP contribution in [0.5, 0.6) is 0 Å². The Morgan fingerprint density at radius 3 is 2.80 bits per heavy atom. The summed E-state index contributed by atoms with van der Waals surface area (Å²) in [6.45, 7) is 0.0451. The summed E-state index contributed by atoms with van der Waals surface area (Å²) in [5, 5.41) is 12.2. The second-order valence-electron chi connectivity index (χ2n) is 3.00. The van der Waals surface area contributed by atoms with Gasteiger partial charge >= 0.3 is 5.97 Å². The molecule has 1 aromatic rings. The number of hydrogen-bond acceptors (Lipinski definition) is 4. The lowest BCUT2D eigenvalue weighted by molar-refractivity contribution is -0.134. The second-order valence-corrected chi connectivity index (χ2v) is 4.80. The highest BCUT2D eigenvalue weighted by molar-refractivity contribution is 7.90. The van der Waals surface area contributed by atoms with Crippen molar-refractivity contribution in [3.63, 3.8) is 0 Å². The summed E-state index contributed by atoms with van der Waals surface area (Å²) in [6.07, 6.45) is 3.15. The normalized spacial score (nSPS) is 11.5. The monoisotopic (exact) mass is 233 g/mol. The molecular weight excluding hydrogens is 222 g/mol. The smallest absolute Gasteiger partial charge is 0.320 e. The molecule has 0 atom stereocenters. The summed E-state index contributed by atoms with van der Waals surface area (Å²) in [4.78, 5) is 10.2. The average molecular weight is 233 g/mol. The molecule has 0 fully saturated rings. The maximum Gasteiger partial charge on any atom is 0.320 e. The van der Waals surface area contributed by atoms with Crippen LogP contribution in [-0.4, -0.2) is 35.0 Å². The van der Waals surface area contributed by atoms with E-state index in [1.165, 1.54) is 10.9 Å². The molecule has 0 saturated carbocycles. The van der Waals surface area contributed by atoms with Crippen LogP contribution in [0.15, 0.2) is 12.4 Å². The zero-order chi connectivity index (χ0) is 11.5. The number of carboxylic acid groups (broad SMARTS) is 1. The molecule has 8 heteroatoms. The predicted octanol–water partition coefficient (Wildman–Crippen LogP) is -1.08. The molecule has 1 aromatic heterocycles. The van der Waals surface area contributed by atoms with Crippen molar-refractivity contribution in [2.45, 2.75) is 6.54 Å². The Bertz CT molecular complexity index is 451. The van der Waals surface area contributed by atoms with Gasteiger partial charge in [-0.3, -0.25) is 9.48 Å². The van der Waals surface area contributed by atoms with E-state index in [0.29, 0.717) is 5.56 Å². The van der Waals surface area contributed by atoms with E-state index in [9.17, 15) is 13.2 Å². The van der Waals surface area contributed by atoms with E-state index in [1.54, 1.807) is 13.2 Å². The molecule has 1 heterocycles. The average Bonchev–Trinajstić information content (AvgIpc) is 2.46. The Morgan fingerprint density at radius 1 is 1.67 bits per heavy atom. The van der Waals surface area contributed by atoms with Gasteiger partial charge in [0, 0.05) is 25.4 Å². The Hall–Kier alpha value is -1.41. The molecule has 7 nitrogen and oxygen atoms in total. The summed E-state index contributed by atoms with van der Waals surface area (Å²) in [6, 6.07) is 0. The van der Waals surface area contributed by atoms with E-state index in [-0.39, 0.29) is 6.54 Å². The molecule has 0 saturated heterocycles. The minimum atomic E-state index is -3.76. The molecule has 0 bridgehead atoms. The van der Waals surface area contributed by atoms with Crippen molar-refractivity contribution < 1.29 is 18.3 Å². The fraction of sp³-hybridized carbons (Fsp3) is 0.429. The van der Waals surface area contributed by atoms with E-state index in [2.05, 4.69) is 9.82 Å². The van der Waals surface area contributed by atoms with Crippen molar-refractivity contribution in [1.29, 1.82) is 0 Å². The van der Waals surface area contributed by atoms with Crippen LogP contribution in [0.1, 0.15) is 5.56 Å². The molecule has 0 spiro atoms. The number of nitrogens with one attached hydrogen (secondary N) is 1. The van der Waals surface area contributed by atoms with Gasteiger partial charge in [0.15, 0.2) is 5.75 Å². The quantitative estimate of drug-likeness (QED) is 0.674. The number of sulfonamides is 1. The summed E-state index contributed by atoms with van der Waals surface area (Å²) in [5.74, 6) is -2.30. The van der Waals surface area contributed by atoms with Gasteiger partial charge < -0.3 is 5.11 Å². The summed E-state index contributed by atoms with van der Waals surface area (Å²) in [7, 11) is -2.05. The first kappa shape index (κ1) is 11.7. The standard InChI is InChI=1S/C7H11N3O4S/c1-10-4-6(2-8-10)3-9-15(13,14)5-7(11)12/h2,4,9H,3,5H2,1H3,(H,11,12). The molecule has 0 aromatic carbocycles. The first-order chi connectivity index (χ1) is 6.89. The predicted molar refractivity (Wildman–Crippen MR) is 51.5 cm³/mol. The van der Waals surface area contributed by atoms with Gasteiger partial charge in [-0.05, 0) is 0 Å². The lowest BCUT2D eigenvalue weighted by Crippen LogP contribution is -2.29. The van der Waals surface area contributed by atoms with E-state index in [0.717, 1.165) is 0 Å². The van der Waals surface area contributed by atoms with Gasteiger partial charge in [-0.15, -0.1) is 0 Å². The van der Waals surface area contributed by atoms with Gasteiger partial charge in [-0.2, -0.15) is 5.10 Å². The number of aryl methyl sites for hydroxylation is 1. The summed E-state index contributed by atoms with van der Waals surface area (Å²) in [5.41, 5.74) is 0.673. The fourth-order valence-corrected chi connectivity index (χ4v) is 1.78. The molecule has 0 aliphatic heterocycles. The number of rotatable bonds is 5. The highest BCUT2D eigenvalue weighted by Crippen LogP contribution is 1.96. The molecule has 0 aliphatic rings. The lowest BCUT2D eigenvalue weighted by atomic mass is 10.4. The van der Waals surface area contributed by atoms with E-state index < -0.39 is 21.7 Å². The van der Waals surface area contributed by atoms with Crippen LogP contribution in [-0.2, 0) is 28.4 Å². The Morgan fingerprint density at radius 2 is 2.33 bits per heavy atom. The van der Waals surface area contributed by atoms with Gasteiger partial charge in [0.25, 0.3) is 0 Å². The molecule has 15 heavy (non-hydrogen) atoms. The third-order valence-electron chi connectivity index (χ3n) is 1.57. The topological polar surface area (TPSA) is 101 Å². The SMILES string of the molecule is Cn1cc(CNS(=O)(=O)CC(=O)O)cn1. The number of aliphatic carboxylic acids is 1. The van der Waals surface area contributed by atoms with Crippen LogP contribution in [0.4, 0.5) is 0 Å². The van der Waals surface area contributed by atoms with Gasteiger partial charge in [0.05, 0.1) is 6.20 Å². The van der Waals surface area contributed by atoms with Gasteiger partial charge in [0.2, 0.25) is 10.0 Å². The molecular formula is C7H11N3O4S. The van der Waals surface area contributed by atoms with E-state index in [1.807, 2.05) is 0 Å². The van der Waals surface area contributed by atoms with Crippen LogP contribution in [0.2, 0.25) is 0 Å². The summed E-state index contributed by atoms with van der Waals surface area (Å²) >= 11 is 0. The fourth-order valence-electron chi connectivity index (χ4n) is 0.970. The number of carbonyl (C=O) groups is 1. The van der Waals surface area contributed by atoms with Crippen molar-refractivity contribution in [1.82, 2.24) is 14.5 Å². The maximum atomic E-state index is 11.1. The molecule has 0 aliphatic carbocycles. The van der Waals surface area contributed by atoms with Crippen molar-refractivity contribution in [2.24, 2.45) is 7.05 Å². The third kappa shape index (κ3) is 4.09. The minimum Gasteiger partial charge on any atom is -0.480 e. The first-order valence-corrected chi connectivity index (χ1v) is 5.71. The highest BCUT2D eigenvalue weighted by Gasteiger charge is 2.14. The van der Waals surface area contributed by atoms with E-state index >= 15 is 0 Å². The number of nitrogens with zero attached hydrogens (tertiary/aromatic N) is 2. The molecule has 0 amide bonds. The minimum absolute atomic E-state index is 0.0451. The zero-order valence-corrected chi connectivity index (χ0v) is 8.86. The van der Waals surface area contributed by atoms with Crippen LogP contribution >= 0.6 is 0 Å². The Balaban J connectivity index is 2.53. The van der Waals surface area contributed by atoms with Gasteiger partial charge in [0.1, 0.15) is 0 Å². The lowest BCUT2D eigenvalue weighted by Gasteiger charge is -2.01. The second kappa shape index (κ2) is 4.41. The van der Waals surface area contributed by atoms with Gasteiger partial charge in [-0.25, -0.2) is 13.1 Å². The van der Waals surface area contributed by atoms with Crippen molar-refractivity contribution in [3.8, 4) is 0 Å². The highest BCUT2D eigenvalue weighted by atomic mass is 32.2. The Labute approximate surface area is 86.8 Å².